The van der Waals surface area contributed by atoms with Gasteiger partial charge < -0.3 is 14.2 Å². The van der Waals surface area contributed by atoms with Gasteiger partial charge in [0.2, 0.25) is 0 Å². The van der Waals surface area contributed by atoms with Gasteiger partial charge in [-0.1, -0.05) is 208 Å². The van der Waals surface area contributed by atoms with Gasteiger partial charge in [0, 0.05) is 19.3 Å². The minimum Gasteiger partial charge on any atom is -0.462 e. The van der Waals surface area contributed by atoms with Crippen LogP contribution in [0, 0.1) is 0 Å². The molecule has 1 unspecified atom stereocenters. The van der Waals surface area contributed by atoms with Crippen molar-refractivity contribution in [2.24, 2.45) is 0 Å². The number of ether oxygens (including phenoxy) is 3. The van der Waals surface area contributed by atoms with E-state index in [0.717, 1.165) is 96.3 Å². The van der Waals surface area contributed by atoms with Crippen LogP contribution < -0.4 is 0 Å². The van der Waals surface area contributed by atoms with E-state index in [1.807, 2.05) is 36.5 Å². The number of carbonyl (C=O) groups excluding carboxylic acids is 3. The van der Waals surface area contributed by atoms with Gasteiger partial charge >= 0.3 is 17.9 Å². The van der Waals surface area contributed by atoms with E-state index in [9.17, 15) is 14.4 Å². The van der Waals surface area contributed by atoms with Crippen LogP contribution in [0.1, 0.15) is 207 Å². The van der Waals surface area contributed by atoms with Gasteiger partial charge in [0.1, 0.15) is 13.2 Å². The van der Waals surface area contributed by atoms with Gasteiger partial charge in [-0.15, -0.1) is 0 Å². The van der Waals surface area contributed by atoms with Crippen molar-refractivity contribution in [3.05, 3.63) is 97.2 Å². The standard InChI is InChI=1S/C54H88O6/c1-4-7-10-13-16-19-22-25-26-27-30-32-35-38-41-44-47-53(56)59-50-51(60-54(57)48-45-42-39-36-33-29-24-21-18-15-12-9-6-3)49-58-52(55)46-43-40-37-34-31-28-23-20-17-14-11-8-5-2/h7,9-10,12,15-16,18-19,21,24-26,29-30,32-33,51H,4-6,8,11,13-14,17,20,22-23,27-28,31,34-50H2,1-3H3/b10-7+,12-9+,18-15+,19-16+,24-21+,26-25+,32-30+,33-29+. The first-order valence-electron chi connectivity index (χ1n) is 24.3. The monoisotopic (exact) mass is 833 g/mol. The Bertz CT molecular complexity index is 1230. The van der Waals surface area contributed by atoms with Gasteiger partial charge in [-0.25, -0.2) is 0 Å². The molecule has 0 N–H and O–H groups in total. The fourth-order valence-corrected chi connectivity index (χ4v) is 6.32. The van der Waals surface area contributed by atoms with Crippen LogP contribution in [0.15, 0.2) is 97.2 Å². The fourth-order valence-electron chi connectivity index (χ4n) is 6.32. The van der Waals surface area contributed by atoms with Crippen LogP contribution in [0.5, 0.6) is 0 Å². The molecule has 0 amide bonds. The number of unbranched alkanes of at least 4 members (excludes halogenated alkanes) is 18. The van der Waals surface area contributed by atoms with Crippen LogP contribution in [0.3, 0.4) is 0 Å². The van der Waals surface area contributed by atoms with Crippen molar-refractivity contribution in [1.82, 2.24) is 0 Å². The molecule has 340 valence electrons. The Kier molecular flexibility index (Phi) is 45.1. The average molecular weight is 833 g/mol. The van der Waals surface area contributed by atoms with Crippen molar-refractivity contribution in [1.29, 1.82) is 0 Å². The van der Waals surface area contributed by atoms with Crippen molar-refractivity contribution in [2.75, 3.05) is 13.2 Å². The van der Waals surface area contributed by atoms with Crippen molar-refractivity contribution in [3.63, 3.8) is 0 Å². The molecule has 0 fully saturated rings. The molecule has 60 heavy (non-hydrogen) atoms. The van der Waals surface area contributed by atoms with Crippen LogP contribution in [-0.2, 0) is 28.6 Å². The molecular weight excluding hydrogens is 745 g/mol. The molecule has 0 heterocycles. The summed E-state index contributed by atoms with van der Waals surface area (Å²) in [5.74, 6) is -0.981. The number of rotatable bonds is 42. The lowest BCUT2D eigenvalue weighted by Gasteiger charge is -2.18. The first-order valence-corrected chi connectivity index (χ1v) is 24.3. The molecule has 0 bridgehead atoms. The Morgan fingerprint density at radius 3 is 1.22 bits per heavy atom. The number of hydrogen-bond donors (Lipinski definition) is 0. The maximum absolute atomic E-state index is 12.7. The summed E-state index contributed by atoms with van der Waals surface area (Å²) in [6.45, 7) is 6.30. The van der Waals surface area contributed by atoms with Crippen LogP contribution in [0.25, 0.3) is 0 Å². The third kappa shape index (κ3) is 45.4. The second kappa shape index (κ2) is 48.0. The molecule has 1 atom stereocenters. The summed E-state index contributed by atoms with van der Waals surface area (Å²) < 4.78 is 16.7. The lowest BCUT2D eigenvalue weighted by atomic mass is 10.0. The average Bonchev–Trinajstić information content (AvgIpc) is 3.24. The molecule has 0 aromatic heterocycles. The summed E-state index contributed by atoms with van der Waals surface area (Å²) in [6, 6.07) is 0. The minimum atomic E-state index is -0.809. The number of esters is 3. The Morgan fingerprint density at radius 2 is 0.733 bits per heavy atom. The van der Waals surface area contributed by atoms with Crippen molar-refractivity contribution >= 4 is 17.9 Å². The predicted molar refractivity (Wildman–Crippen MR) is 256 cm³/mol. The zero-order chi connectivity index (χ0) is 43.7. The number of hydrogen-bond acceptors (Lipinski definition) is 6. The van der Waals surface area contributed by atoms with E-state index >= 15 is 0 Å². The molecular formula is C54H88O6. The van der Waals surface area contributed by atoms with Crippen molar-refractivity contribution < 1.29 is 28.6 Å². The second-order valence-electron chi connectivity index (χ2n) is 15.7. The first kappa shape index (κ1) is 56.3. The Balaban J connectivity index is 4.50. The Morgan fingerprint density at radius 1 is 0.367 bits per heavy atom. The van der Waals surface area contributed by atoms with E-state index in [1.165, 1.54) is 64.2 Å². The predicted octanol–water partition coefficient (Wildman–Crippen LogP) is 15.8. The zero-order valence-corrected chi connectivity index (χ0v) is 38.7. The normalized spacial score (nSPS) is 12.9. The summed E-state index contributed by atoms with van der Waals surface area (Å²) >= 11 is 0. The topological polar surface area (TPSA) is 78.9 Å². The molecule has 0 aliphatic rings. The molecule has 0 aliphatic carbocycles. The van der Waals surface area contributed by atoms with Gasteiger partial charge in [0.15, 0.2) is 6.10 Å². The molecule has 0 radical (unpaired) electrons. The van der Waals surface area contributed by atoms with Crippen molar-refractivity contribution in [3.8, 4) is 0 Å². The highest BCUT2D eigenvalue weighted by atomic mass is 16.6. The van der Waals surface area contributed by atoms with E-state index in [0.29, 0.717) is 19.3 Å². The van der Waals surface area contributed by atoms with Crippen LogP contribution in [0.4, 0.5) is 0 Å². The van der Waals surface area contributed by atoms with E-state index in [2.05, 4.69) is 81.5 Å². The third-order valence-corrected chi connectivity index (χ3v) is 9.93. The summed E-state index contributed by atoms with van der Waals surface area (Å²) in [4.78, 5) is 37.9. The summed E-state index contributed by atoms with van der Waals surface area (Å²) in [5.41, 5.74) is 0. The zero-order valence-electron chi connectivity index (χ0n) is 38.7. The smallest absolute Gasteiger partial charge is 0.306 e. The van der Waals surface area contributed by atoms with Gasteiger partial charge in [-0.3, -0.25) is 14.4 Å². The highest BCUT2D eigenvalue weighted by Gasteiger charge is 2.19. The molecule has 0 aliphatic heterocycles. The SMILES string of the molecule is CC/C=C/C=C/C=C/C=C/CCCCCC(=O)OC(COC(=O)CCCCC/C=C/C/C=C/C/C=C/C/C=C/CC)COC(=O)CCCCCCCCCCCCCCC. The lowest BCUT2D eigenvalue weighted by Crippen LogP contribution is -2.30. The molecule has 6 heteroatoms. The number of carbonyl (C=O) groups is 3. The Hall–Kier alpha value is -3.67. The van der Waals surface area contributed by atoms with Gasteiger partial charge in [0.25, 0.3) is 0 Å². The third-order valence-electron chi connectivity index (χ3n) is 9.93. The van der Waals surface area contributed by atoms with Gasteiger partial charge in [0.05, 0.1) is 0 Å². The first-order chi connectivity index (χ1) is 29.5. The van der Waals surface area contributed by atoms with E-state index < -0.39 is 6.10 Å². The fraction of sp³-hybridized carbons (Fsp3) is 0.648. The second-order valence-corrected chi connectivity index (χ2v) is 15.7. The number of allylic oxidation sites excluding steroid dienone is 16. The molecule has 0 saturated carbocycles. The van der Waals surface area contributed by atoms with Crippen LogP contribution in [0.2, 0.25) is 0 Å². The molecule has 6 nitrogen and oxygen atoms in total. The van der Waals surface area contributed by atoms with E-state index in [1.54, 1.807) is 0 Å². The quantitative estimate of drug-likeness (QED) is 0.0200. The van der Waals surface area contributed by atoms with Gasteiger partial charge in [-0.05, 0) is 77.0 Å². The maximum atomic E-state index is 12.7. The van der Waals surface area contributed by atoms with Gasteiger partial charge in [-0.2, -0.15) is 0 Å². The summed E-state index contributed by atoms with van der Waals surface area (Å²) in [5, 5.41) is 0. The molecule has 0 saturated heterocycles. The molecule has 0 aromatic rings. The van der Waals surface area contributed by atoms with Crippen LogP contribution >= 0.6 is 0 Å². The van der Waals surface area contributed by atoms with E-state index in [-0.39, 0.29) is 37.5 Å². The van der Waals surface area contributed by atoms with E-state index in [4.69, 9.17) is 14.2 Å². The molecule has 0 aromatic carbocycles. The lowest BCUT2D eigenvalue weighted by molar-refractivity contribution is -0.167. The van der Waals surface area contributed by atoms with Crippen LogP contribution in [-0.4, -0.2) is 37.2 Å². The summed E-state index contributed by atoms with van der Waals surface area (Å²) in [6.07, 6.45) is 62.5. The maximum Gasteiger partial charge on any atom is 0.306 e. The largest absolute Gasteiger partial charge is 0.462 e. The molecule has 0 rings (SSSR count). The Labute approximate surface area is 368 Å². The molecule has 0 spiro atoms. The highest BCUT2D eigenvalue weighted by Crippen LogP contribution is 2.14. The van der Waals surface area contributed by atoms with Crippen molar-refractivity contribution in [2.45, 2.75) is 213 Å². The highest BCUT2D eigenvalue weighted by molar-refractivity contribution is 5.71. The summed E-state index contributed by atoms with van der Waals surface area (Å²) in [7, 11) is 0. The minimum absolute atomic E-state index is 0.104.